The highest BCUT2D eigenvalue weighted by Gasteiger charge is 2.51. The zero-order valence-electron chi connectivity index (χ0n) is 17.5. The van der Waals surface area contributed by atoms with Gasteiger partial charge in [0, 0.05) is 25.7 Å². The fraction of sp³-hybridized carbons (Fsp3) is 0.545. The van der Waals surface area contributed by atoms with Gasteiger partial charge in [-0.15, -0.1) is 0 Å². The third-order valence-electron chi connectivity index (χ3n) is 6.78. The van der Waals surface area contributed by atoms with Crippen LogP contribution in [0.5, 0.6) is 0 Å². The summed E-state index contributed by atoms with van der Waals surface area (Å²) in [4.78, 5) is 42.5. The molecule has 9 heteroatoms. The van der Waals surface area contributed by atoms with Crippen molar-refractivity contribution in [2.24, 2.45) is 5.73 Å². The molecule has 0 saturated carbocycles. The molecule has 2 amide bonds. The van der Waals surface area contributed by atoms with Crippen LogP contribution in [0.4, 0.5) is 0 Å². The molecular formula is C22H27N5O4. The molecule has 0 spiro atoms. The molecule has 3 N–H and O–H groups in total. The SMILES string of the molecule is C[C@H](c1cccc(C(=O)O)c1)N1C(=O)[C@H]2CC1CN2C[C@H](N)C(=O)N1CCC[C@H]1C#N. The Labute approximate surface area is 181 Å². The minimum absolute atomic E-state index is 0.00179. The molecule has 1 unspecified atom stereocenters. The van der Waals surface area contributed by atoms with Gasteiger partial charge in [-0.2, -0.15) is 5.26 Å². The summed E-state index contributed by atoms with van der Waals surface area (Å²) in [6.45, 7) is 3.38. The number of rotatable bonds is 6. The Morgan fingerprint density at radius 3 is 2.84 bits per heavy atom. The standard InChI is InChI=1S/C22H27N5O4/c1-13(14-4-2-5-15(8-14)22(30)31)27-17-9-19(21(27)29)25(11-17)12-18(24)20(28)26-7-3-6-16(26)10-23/h2,4-5,8,13,16-19H,3,6-7,9,11-12,24H2,1H3,(H,30,31)/t13-,16+,17?,18+,19-/m1/s1. The van der Waals surface area contributed by atoms with E-state index < -0.39 is 18.1 Å². The number of nitrogens with two attached hydrogens (primary N) is 1. The molecule has 0 radical (unpaired) electrons. The van der Waals surface area contributed by atoms with Crippen molar-refractivity contribution < 1.29 is 19.5 Å². The fourth-order valence-corrected chi connectivity index (χ4v) is 5.20. The topological polar surface area (TPSA) is 131 Å². The molecule has 164 valence electrons. The van der Waals surface area contributed by atoms with Crippen LogP contribution in [0.25, 0.3) is 0 Å². The average Bonchev–Trinajstić information content (AvgIpc) is 3.47. The Hall–Kier alpha value is -2.96. The van der Waals surface area contributed by atoms with Crippen LogP contribution >= 0.6 is 0 Å². The molecule has 3 saturated heterocycles. The van der Waals surface area contributed by atoms with Crippen molar-refractivity contribution in [2.45, 2.75) is 56.4 Å². The van der Waals surface area contributed by atoms with Gasteiger partial charge in [-0.25, -0.2) is 4.79 Å². The molecule has 5 atom stereocenters. The lowest BCUT2D eigenvalue weighted by Crippen LogP contribution is -2.56. The van der Waals surface area contributed by atoms with Gasteiger partial charge in [-0.1, -0.05) is 12.1 Å². The fourth-order valence-electron chi connectivity index (χ4n) is 5.20. The van der Waals surface area contributed by atoms with E-state index in [1.54, 1.807) is 17.0 Å². The zero-order chi connectivity index (χ0) is 22.3. The molecule has 1 aromatic carbocycles. The van der Waals surface area contributed by atoms with Crippen molar-refractivity contribution in [3.05, 3.63) is 35.4 Å². The first-order valence-corrected chi connectivity index (χ1v) is 10.7. The van der Waals surface area contributed by atoms with Gasteiger partial charge in [0.15, 0.2) is 0 Å². The Bertz CT molecular complexity index is 944. The number of fused-ring (bicyclic) bond motifs is 2. The van der Waals surface area contributed by atoms with Crippen LogP contribution in [0.15, 0.2) is 24.3 Å². The lowest BCUT2D eigenvalue weighted by atomic mass is 10.0. The molecule has 0 aromatic heterocycles. The van der Waals surface area contributed by atoms with Crippen LogP contribution in [-0.4, -0.2) is 81.4 Å². The van der Waals surface area contributed by atoms with Gasteiger partial charge in [-0.05, 0) is 43.9 Å². The Kier molecular flexibility index (Phi) is 5.69. The summed E-state index contributed by atoms with van der Waals surface area (Å²) < 4.78 is 0. The van der Waals surface area contributed by atoms with Crippen LogP contribution < -0.4 is 5.73 Å². The minimum Gasteiger partial charge on any atom is -0.478 e. The summed E-state index contributed by atoms with van der Waals surface area (Å²) in [6, 6.07) is 7.11. The van der Waals surface area contributed by atoms with Crippen molar-refractivity contribution in [3.8, 4) is 6.07 Å². The highest BCUT2D eigenvalue weighted by Crippen LogP contribution is 2.38. The molecule has 1 aromatic rings. The molecular weight excluding hydrogens is 398 g/mol. The van der Waals surface area contributed by atoms with Crippen LogP contribution in [-0.2, 0) is 9.59 Å². The molecule has 3 aliphatic heterocycles. The average molecular weight is 425 g/mol. The number of aromatic carboxylic acids is 1. The number of hydrogen-bond donors (Lipinski definition) is 2. The van der Waals surface area contributed by atoms with Crippen molar-refractivity contribution in [2.75, 3.05) is 19.6 Å². The smallest absolute Gasteiger partial charge is 0.335 e. The Morgan fingerprint density at radius 2 is 2.16 bits per heavy atom. The van der Waals surface area contributed by atoms with Crippen molar-refractivity contribution in [1.82, 2.24) is 14.7 Å². The Morgan fingerprint density at radius 1 is 1.39 bits per heavy atom. The maximum absolute atomic E-state index is 13.1. The number of nitrogens with zero attached hydrogens (tertiary/aromatic N) is 4. The number of carboxylic acid groups (broad SMARTS) is 1. The predicted molar refractivity (Wildman–Crippen MR) is 111 cm³/mol. The highest BCUT2D eigenvalue weighted by atomic mass is 16.4. The van der Waals surface area contributed by atoms with Crippen molar-refractivity contribution in [1.29, 1.82) is 5.26 Å². The summed E-state index contributed by atoms with van der Waals surface area (Å²) in [5, 5.41) is 18.5. The number of amides is 2. The number of hydrogen-bond acceptors (Lipinski definition) is 6. The number of carboxylic acids is 1. The summed E-state index contributed by atoms with van der Waals surface area (Å²) in [5.41, 5.74) is 7.17. The molecule has 3 heterocycles. The van der Waals surface area contributed by atoms with Crippen molar-refractivity contribution >= 4 is 17.8 Å². The van der Waals surface area contributed by atoms with E-state index >= 15 is 0 Å². The van der Waals surface area contributed by atoms with Gasteiger partial charge < -0.3 is 20.6 Å². The van der Waals surface area contributed by atoms with Gasteiger partial charge in [-0.3, -0.25) is 14.5 Å². The first kappa shape index (κ1) is 21.3. The third kappa shape index (κ3) is 3.77. The van der Waals surface area contributed by atoms with E-state index in [-0.39, 0.29) is 42.0 Å². The lowest BCUT2D eigenvalue weighted by Gasteiger charge is -2.38. The van der Waals surface area contributed by atoms with Crippen LogP contribution in [0.1, 0.15) is 48.1 Å². The molecule has 4 rings (SSSR count). The molecule has 3 fully saturated rings. The van der Waals surface area contributed by atoms with Crippen LogP contribution in [0.2, 0.25) is 0 Å². The molecule has 2 bridgehead atoms. The molecule has 3 aliphatic rings. The van der Waals surface area contributed by atoms with E-state index in [0.29, 0.717) is 25.9 Å². The predicted octanol–water partition coefficient (Wildman–Crippen LogP) is 0.573. The van der Waals surface area contributed by atoms with Crippen LogP contribution in [0.3, 0.4) is 0 Å². The number of nitriles is 1. The van der Waals surface area contributed by atoms with E-state index in [4.69, 9.17) is 5.73 Å². The zero-order valence-corrected chi connectivity index (χ0v) is 17.5. The summed E-state index contributed by atoms with van der Waals surface area (Å²) >= 11 is 0. The number of carbonyl (C=O) groups is 3. The van der Waals surface area contributed by atoms with Gasteiger partial charge >= 0.3 is 5.97 Å². The van der Waals surface area contributed by atoms with E-state index in [1.165, 1.54) is 6.07 Å². The summed E-state index contributed by atoms with van der Waals surface area (Å²) in [5.74, 6) is -1.24. The van der Waals surface area contributed by atoms with Gasteiger partial charge in [0.25, 0.3) is 0 Å². The van der Waals surface area contributed by atoms with Crippen LogP contribution in [0, 0.1) is 11.3 Å². The summed E-state index contributed by atoms with van der Waals surface area (Å²) in [7, 11) is 0. The number of carbonyl (C=O) groups excluding carboxylic acids is 2. The van der Waals surface area contributed by atoms with Gasteiger partial charge in [0.05, 0.1) is 29.8 Å². The second-order valence-corrected chi connectivity index (χ2v) is 8.64. The second-order valence-electron chi connectivity index (χ2n) is 8.64. The first-order valence-electron chi connectivity index (χ1n) is 10.7. The number of piperazine rings is 1. The Balaban J connectivity index is 1.41. The quantitative estimate of drug-likeness (QED) is 0.681. The normalized spacial score (nSPS) is 27.4. The van der Waals surface area contributed by atoms with Gasteiger partial charge in [0.2, 0.25) is 11.8 Å². The maximum Gasteiger partial charge on any atom is 0.335 e. The largest absolute Gasteiger partial charge is 0.478 e. The van der Waals surface area contributed by atoms with E-state index in [0.717, 1.165) is 12.0 Å². The molecule has 9 nitrogen and oxygen atoms in total. The van der Waals surface area contributed by atoms with E-state index in [9.17, 15) is 24.8 Å². The summed E-state index contributed by atoms with van der Waals surface area (Å²) in [6.07, 6.45) is 2.16. The maximum atomic E-state index is 13.1. The first-order chi connectivity index (χ1) is 14.8. The van der Waals surface area contributed by atoms with E-state index in [2.05, 4.69) is 6.07 Å². The number of likely N-dealkylation sites (tertiary alicyclic amines) is 3. The molecule has 0 aliphatic carbocycles. The van der Waals surface area contributed by atoms with E-state index in [1.807, 2.05) is 22.8 Å². The molecule has 31 heavy (non-hydrogen) atoms. The lowest BCUT2D eigenvalue weighted by molar-refractivity contribution is -0.140. The van der Waals surface area contributed by atoms with Crippen molar-refractivity contribution in [3.63, 3.8) is 0 Å². The second kappa shape index (κ2) is 8.29. The highest BCUT2D eigenvalue weighted by molar-refractivity contribution is 5.88. The van der Waals surface area contributed by atoms with Gasteiger partial charge in [0.1, 0.15) is 6.04 Å². The number of benzene rings is 1. The monoisotopic (exact) mass is 425 g/mol. The third-order valence-corrected chi connectivity index (χ3v) is 6.78. The minimum atomic E-state index is -0.996.